The summed E-state index contributed by atoms with van der Waals surface area (Å²) in [6.07, 6.45) is 3.68. The zero-order valence-corrected chi connectivity index (χ0v) is 11.4. The third kappa shape index (κ3) is 2.75. The van der Waals surface area contributed by atoms with Crippen molar-refractivity contribution in [3.05, 3.63) is 48.2 Å². The van der Waals surface area contributed by atoms with Gasteiger partial charge in [-0.25, -0.2) is 0 Å². The summed E-state index contributed by atoms with van der Waals surface area (Å²) in [6, 6.07) is 9.23. The molecule has 0 amide bonds. The van der Waals surface area contributed by atoms with E-state index in [2.05, 4.69) is 50.0 Å². The van der Waals surface area contributed by atoms with Crippen molar-refractivity contribution in [3.8, 4) is 0 Å². The summed E-state index contributed by atoms with van der Waals surface area (Å²) in [5.74, 6) is 0. The maximum absolute atomic E-state index is 5.14. The van der Waals surface area contributed by atoms with Crippen LogP contribution in [-0.2, 0) is 11.2 Å². The van der Waals surface area contributed by atoms with E-state index in [1.54, 1.807) is 0 Å². The molecule has 1 unspecified atom stereocenters. The average Bonchev–Trinajstić information content (AvgIpc) is 2.60. The van der Waals surface area contributed by atoms with E-state index < -0.39 is 0 Å². The van der Waals surface area contributed by atoms with Crippen LogP contribution in [0.2, 0.25) is 0 Å². The van der Waals surface area contributed by atoms with Crippen molar-refractivity contribution in [2.75, 3.05) is 13.2 Å². The van der Waals surface area contributed by atoms with E-state index in [1.165, 1.54) is 17.4 Å². The van der Waals surface area contributed by atoms with Crippen molar-refractivity contribution >= 4 is 0 Å². The average molecular weight is 245 g/mol. The van der Waals surface area contributed by atoms with E-state index in [4.69, 9.17) is 4.74 Å². The molecule has 1 aromatic rings. The van der Waals surface area contributed by atoms with Gasteiger partial charge in [0.25, 0.3) is 0 Å². The van der Waals surface area contributed by atoms with E-state index in [9.17, 15) is 0 Å². The van der Waals surface area contributed by atoms with Gasteiger partial charge in [0.05, 0.1) is 12.9 Å². The summed E-state index contributed by atoms with van der Waals surface area (Å²) in [4.78, 5) is 0. The van der Waals surface area contributed by atoms with Gasteiger partial charge in [0.1, 0.15) is 0 Å². The molecule has 0 heterocycles. The lowest BCUT2D eigenvalue weighted by atomic mass is 9.85. The minimum absolute atomic E-state index is 0.295. The van der Waals surface area contributed by atoms with Crippen molar-refractivity contribution in [1.82, 2.24) is 5.32 Å². The fourth-order valence-corrected chi connectivity index (χ4v) is 2.86. The summed E-state index contributed by atoms with van der Waals surface area (Å²) < 4.78 is 5.14. The number of rotatable bonds is 6. The maximum atomic E-state index is 5.14. The molecular formula is C16H23NO. The van der Waals surface area contributed by atoms with Gasteiger partial charge >= 0.3 is 0 Å². The Kier molecular flexibility index (Phi) is 4.07. The zero-order chi connectivity index (χ0) is 13.0. The Hall–Kier alpha value is -1.28. The first kappa shape index (κ1) is 13.2. The SMILES string of the molecule is C=COCCCNC1c2ccccc2CC1(C)C. The fraction of sp³-hybridized carbons (Fsp3) is 0.500. The summed E-state index contributed by atoms with van der Waals surface area (Å²) >= 11 is 0. The molecular weight excluding hydrogens is 222 g/mol. The lowest BCUT2D eigenvalue weighted by molar-refractivity contribution is 0.228. The largest absolute Gasteiger partial charge is 0.502 e. The van der Waals surface area contributed by atoms with Crippen molar-refractivity contribution in [2.24, 2.45) is 5.41 Å². The highest BCUT2D eigenvalue weighted by Gasteiger charge is 2.37. The van der Waals surface area contributed by atoms with Gasteiger partial charge in [-0.3, -0.25) is 0 Å². The lowest BCUT2D eigenvalue weighted by Crippen LogP contribution is -2.32. The molecule has 2 heteroatoms. The summed E-state index contributed by atoms with van der Waals surface area (Å²) in [7, 11) is 0. The standard InChI is InChI=1S/C16H23NO/c1-4-18-11-7-10-17-15-14-9-6-5-8-13(14)12-16(15,2)3/h4-6,8-9,15,17H,1,7,10-12H2,2-3H3. The molecule has 18 heavy (non-hydrogen) atoms. The molecule has 0 radical (unpaired) electrons. The summed E-state index contributed by atoms with van der Waals surface area (Å²) in [6.45, 7) is 9.95. The molecule has 1 aromatic carbocycles. The highest BCUT2D eigenvalue weighted by atomic mass is 16.5. The third-order valence-corrected chi connectivity index (χ3v) is 3.70. The summed E-state index contributed by atoms with van der Waals surface area (Å²) in [5, 5.41) is 3.67. The Morgan fingerprint density at radius 1 is 1.44 bits per heavy atom. The van der Waals surface area contributed by atoms with Gasteiger partial charge in [-0.15, -0.1) is 0 Å². The topological polar surface area (TPSA) is 21.3 Å². The van der Waals surface area contributed by atoms with Gasteiger partial charge in [-0.05, 0) is 35.9 Å². The lowest BCUT2D eigenvalue weighted by Gasteiger charge is -2.28. The molecule has 98 valence electrons. The highest BCUT2D eigenvalue weighted by molar-refractivity contribution is 5.37. The minimum atomic E-state index is 0.295. The van der Waals surface area contributed by atoms with Crippen LogP contribution >= 0.6 is 0 Å². The smallest absolute Gasteiger partial charge is 0.0885 e. The minimum Gasteiger partial charge on any atom is -0.502 e. The predicted molar refractivity (Wildman–Crippen MR) is 75.4 cm³/mol. The van der Waals surface area contributed by atoms with Gasteiger partial charge in [0.2, 0.25) is 0 Å². The van der Waals surface area contributed by atoms with E-state index in [0.717, 1.165) is 26.0 Å². The number of benzene rings is 1. The predicted octanol–water partition coefficient (Wildman–Crippen LogP) is 3.45. The van der Waals surface area contributed by atoms with Crippen LogP contribution in [0.25, 0.3) is 0 Å². The second-order valence-corrected chi connectivity index (χ2v) is 5.64. The Morgan fingerprint density at radius 2 is 2.22 bits per heavy atom. The van der Waals surface area contributed by atoms with Crippen LogP contribution in [0.1, 0.15) is 37.4 Å². The molecule has 1 atom stereocenters. The second-order valence-electron chi connectivity index (χ2n) is 5.64. The van der Waals surface area contributed by atoms with Crippen LogP contribution in [-0.4, -0.2) is 13.2 Å². The molecule has 0 aliphatic heterocycles. The number of nitrogens with one attached hydrogen (secondary N) is 1. The van der Waals surface area contributed by atoms with Crippen molar-refractivity contribution < 1.29 is 4.74 Å². The third-order valence-electron chi connectivity index (χ3n) is 3.70. The van der Waals surface area contributed by atoms with Gasteiger partial charge in [-0.2, -0.15) is 0 Å². The fourth-order valence-electron chi connectivity index (χ4n) is 2.86. The van der Waals surface area contributed by atoms with Gasteiger partial charge in [-0.1, -0.05) is 44.7 Å². The molecule has 0 saturated heterocycles. The van der Waals surface area contributed by atoms with E-state index >= 15 is 0 Å². The van der Waals surface area contributed by atoms with Crippen LogP contribution < -0.4 is 5.32 Å². The van der Waals surface area contributed by atoms with Crippen LogP contribution in [0.3, 0.4) is 0 Å². The monoisotopic (exact) mass is 245 g/mol. The Labute approximate surface area is 110 Å². The Morgan fingerprint density at radius 3 is 3.00 bits per heavy atom. The molecule has 2 rings (SSSR count). The highest BCUT2D eigenvalue weighted by Crippen LogP contribution is 2.44. The summed E-state index contributed by atoms with van der Waals surface area (Å²) in [5.41, 5.74) is 3.25. The van der Waals surface area contributed by atoms with Crippen molar-refractivity contribution in [3.63, 3.8) is 0 Å². The van der Waals surface area contributed by atoms with Crippen molar-refractivity contribution in [1.29, 1.82) is 0 Å². The normalized spacial score (nSPS) is 20.4. The second kappa shape index (κ2) is 5.57. The Bertz CT molecular complexity index is 411. The van der Waals surface area contributed by atoms with E-state index in [0.29, 0.717) is 11.5 Å². The molecule has 2 nitrogen and oxygen atoms in total. The number of hydrogen-bond donors (Lipinski definition) is 1. The molecule has 0 aromatic heterocycles. The zero-order valence-electron chi connectivity index (χ0n) is 11.4. The Balaban J connectivity index is 1.96. The van der Waals surface area contributed by atoms with Crippen molar-refractivity contribution in [2.45, 2.75) is 32.7 Å². The first-order chi connectivity index (χ1) is 8.65. The molecule has 0 spiro atoms. The number of ether oxygens (including phenoxy) is 1. The van der Waals surface area contributed by atoms with E-state index in [1.807, 2.05) is 0 Å². The quantitative estimate of drug-likeness (QED) is 0.612. The van der Waals surface area contributed by atoms with Gasteiger partial charge in [0, 0.05) is 6.04 Å². The van der Waals surface area contributed by atoms with Crippen LogP contribution in [0.4, 0.5) is 0 Å². The maximum Gasteiger partial charge on any atom is 0.0885 e. The molecule has 0 fully saturated rings. The number of hydrogen-bond acceptors (Lipinski definition) is 2. The van der Waals surface area contributed by atoms with E-state index in [-0.39, 0.29) is 0 Å². The molecule has 1 N–H and O–H groups in total. The first-order valence-electron chi connectivity index (χ1n) is 6.69. The first-order valence-corrected chi connectivity index (χ1v) is 6.69. The van der Waals surface area contributed by atoms with Crippen LogP contribution in [0.15, 0.2) is 37.1 Å². The number of fused-ring (bicyclic) bond motifs is 1. The molecule has 1 aliphatic rings. The van der Waals surface area contributed by atoms with Gasteiger partial charge in [0.15, 0.2) is 0 Å². The molecule has 0 saturated carbocycles. The van der Waals surface area contributed by atoms with Crippen LogP contribution in [0, 0.1) is 5.41 Å². The molecule has 1 aliphatic carbocycles. The van der Waals surface area contributed by atoms with Gasteiger partial charge < -0.3 is 10.1 Å². The van der Waals surface area contributed by atoms with Crippen LogP contribution in [0.5, 0.6) is 0 Å². The molecule has 0 bridgehead atoms.